The van der Waals surface area contributed by atoms with Gasteiger partial charge in [0.05, 0.1) is 16.0 Å². The molecule has 0 aliphatic rings. The quantitative estimate of drug-likeness (QED) is 0.383. The van der Waals surface area contributed by atoms with Crippen LogP contribution >= 0.6 is 45.7 Å². The Balaban J connectivity index is 1.65. The van der Waals surface area contributed by atoms with Gasteiger partial charge in [0.15, 0.2) is 4.34 Å². The zero-order chi connectivity index (χ0) is 17.1. The van der Waals surface area contributed by atoms with Crippen molar-refractivity contribution in [1.82, 2.24) is 4.98 Å². The fraction of sp³-hybridized carbons (Fsp3) is 0.222. The number of benzene rings is 2. The van der Waals surface area contributed by atoms with Crippen LogP contribution in [0, 0.1) is 3.57 Å². The molecule has 1 amide bonds. The Morgan fingerprint density at radius 2 is 2.08 bits per heavy atom. The number of carbonyl (C=O) groups is 1. The van der Waals surface area contributed by atoms with Gasteiger partial charge in [-0.05, 0) is 64.4 Å². The summed E-state index contributed by atoms with van der Waals surface area (Å²) in [5.74, 6) is 0.734. The lowest BCUT2D eigenvalue weighted by molar-refractivity contribution is -0.113. The van der Waals surface area contributed by atoms with Crippen molar-refractivity contribution in [2.45, 2.75) is 24.1 Å². The lowest BCUT2D eigenvalue weighted by Crippen LogP contribution is -2.15. The lowest BCUT2D eigenvalue weighted by Gasteiger charge is -2.14. The van der Waals surface area contributed by atoms with Gasteiger partial charge < -0.3 is 5.32 Å². The number of aromatic nitrogens is 1. The van der Waals surface area contributed by atoms with Crippen molar-refractivity contribution < 1.29 is 4.79 Å². The maximum atomic E-state index is 12.3. The Morgan fingerprint density at radius 3 is 2.83 bits per heavy atom. The number of para-hydroxylation sites is 1. The van der Waals surface area contributed by atoms with E-state index in [-0.39, 0.29) is 5.91 Å². The molecule has 0 saturated carbocycles. The standard InChI is InChI=1S/C18H17IN2OS2/c1-11(2)13-9-12(19)7-8-14(13)20-17(22)10-23-18-21-15-5-3-4-6-16(15)24-18/h3-9,11H,10H2,1-2H3,(H,20,22). The van der Waals surface area contributed by atoms with Crippen LogP contribution in [0.1, 0.15) is 25.3 Å². The summed E-state index contributed by atoms with van der Waals surface area (Å²) in [7, 11) is 0. The van der Waals surface area contributed by atoms with Crippen molar-refractivity contribution in [3.63, 3.8) is 0 Å². The number of rotatable bonds is 5. The van der Waals surface area contributed by atoms with Crippen LogP contribution in [0.4, 0.5) is 5.69 Å². The molecule has 6 heteroatoms. The minimum atomic E-state index is 0.00219. The molecule has 124 valence electrons. The van der Waals surface area contributed by atoms with E-state index in [1.807, 2.05) is 30.3 Å². The van der Waals surface area contributed by atoms with Crippen molar-refractivity contribution in [2.75, 3.05) is 11.1 Å². The third kappa shape index (κ3) is 4.29. The van der Waals surface area contributed by atoms with Crippen LogP contribution in [0.2, 0.25) is 0 Å². The molecule has 2 aromatic carbocycles. The minimum absolute atomic E-state index is 0.00219. The SMILES string of the molecule is CC(C)c1cc(I)ccc1NC(=O)CSc1nc2ccccc2s1. The molecule has 0 spiro atoms. The van der Waals surface area contributed by atoms with E-state index in [9.17, 15) is 4.79 Å². The number of fused-ring (bicyclic) bond motifs is 1. The number of thiazole rings is 1. The summed E-state index contributed by atoms with van der Waals surface area (Å²) in [5, 5.41) is 3.04. The topological polar surface area (TPSA) is 42.0 Å². The molecule has 0 fully saturated rings. The summed E-state index contributed by atoms with van der Waals surface area (Å²) >= 11 is 5.41. The van der Waals surface area contributed by atoms with Crippen LogP contribution in [0.15, 0.2) is 46.8 Å². The smallest absolute Gasteiger partial charge is 0.234 e. The van der Waals surface area contributed by atoms with Gasteiger partial charge in [-0.1, -0.05) is 37.7 Å². The molecule has 0 aliphatic heterocycles. The Bertz CT molecular complexity index is 843. The predicted molar refractivity (Wildman–Crippen MR) is 112 cm³/mol. The molecule has 1 heterocycles. The van der Waals surface area contributed by atoms with Crippen molar-refractivity contribution in [3.05, 3.63) is 51.6 Å². The molecule has 0 saturated heterocycles. The molecule has 3 nitrogen and oxygen atoms in total. The fourth-order valence-electron chi connectivity index (χ4n) is 2.35. The van der Waals surface area contributed by atoms with Gasteiger partial charge in [-0.2, -0.15) is 0 Å². The fourth-order valence-corrected chi connectivity index (χ4v) is 4.74. The first kappa shape index (κ1) is 17.7. The van der Waals surface area contributed by atoms with Gasteiger partial charge in [0.1, 0.15) is 0 Å². The summed E-state index contributed by atoms with van der Waals surface area (Å²) in [4.78, 5) is 16.9. The number of thioether (sulfide) groups is 1. The highest BCUT2D eigenvalue weighted by Crippen LogP contribution is 2.30. The highest BCUT2D eigenvalue weighted by Gasteiger charge is 2.12. The molecule has 0 bridgehead atoms. The second-order valence-electron chi connectivity index (χ2n) is 5.67. The number of carbonyl (C=O) groups excluding carboxylic acids is 1. The van der Waals surface area contributed by atoms with Crippen LogP contribution in [0.25, 0.3) is 10.2 Å². The Kier molecular flexibility index (Phi) is 5.78. The van der Waals surface area contributed by atoms with Gasteiger partial charge >= 0.3 is 0 Å². The van der Waals surface area contributed by atoms with Gasteiger partial charge in [0.2, 0.25) is 5.91 Å². The van der Waals surface area contributed by atoms with Gasteiger partial charge in [-0.25, -0.2) is 4.98 Å². The van der Waals surface area contributed by atoms with E-state index < -0.39 is 0 Å². The first-order valence-electron chi connectivity index (χ1n) is 7.60. The largest absolute Gasteiger partial charge is 0.325 e. The maximum Gasteiger partial charge on any atom is 0.234 e. The number of anilines is 1. The predicted octanol–water partition coefficient (Wildman–Crippen LogP) is 5.76. The van der Waals surface area contributed by atoms with Crippen LogP contribution in [0.3, 0.4) is 0 Å². The second kappa shape index (κ2) is 7.84. The van der Waals surface area contributed by atoms with E-state index >= 15 is 0 Å². The molecule has 0 aliphatic carbocycles. The van der Waals surface area contributed by atoms with E-state index in [4.69, 9.17) is 0 Å². The maximum absolute atomic E-state index is 12.3. The Hall–Kier alpha value is -1.12. The molecule has 0 radical (unpaired) electrons. The summed E-state index contributed by atoms with van der Waals surface area (Å²) < 4.78 is 3.26. The lowest BCUT2D eigenvalue weighted by atomic mass is 10.0. The van der Waals surface area contributed by atoms with Gasteiger partial charge in [0, 0.05) is 9.26 Å². The van der Waals surface area contributed by atoms with Crippen molar-refractivity contribution in [1.29, 1.82) is 0 Å². The highest BCUT2D eigenvalue weighted by atomic mass is 127. The zero-order valence-electron chi connectivity index (χ0n) is 13.4. The van der Waals surface area contributed by atoms with Gasteiger partial charge in [-0.3, -0.25) is 4.79 Å². The number of halogens is 1. The number of amides is 1. The Labute approximate surface area is 163 Å². The van der Waals surface area contributed by atoms with Crippen LogP contribution in [-0.4, -0.2) is 16.6 Å². The third-order valence-corrected chi connectivity index (χ3v) is 6.36. The molecule has 24 heavy (non-hydrogen) atoms. The normalized spacial score (nSPS) is 11.2. The first-order chi connectivity index (χ1) is 11.5. The summed E-state index contributed by atoms with van der Waals surface area (Å²) in [6, 6.07) is 14.2. The summed E-state index contributed by atoms with van der Waals surface area (Å²) in [6.45, 7) is 4.27. The minimum Gasteiger partial charge on any atom is -0.325 e. The monoisotopic (exact) mass is 468 g/mol. The molecule has 1 N–H and O–H groups in total. The van der Waals surface area contributed by atoms with Crippen molar-refractivity contribution in [2.24, 2.45) is 0 Å². The van der Waals surface area contributed by atoms with Gasteiger partial charge in [-0.15, -0.1) is 11.3 Å². The molecular weight excluding hydrogens is 451 g/mol. The molecule has 3 aromatic rings. The van der Waals surface area contributed by atoms with Gasteiger partial charge in [0.25, 0.3) is 0 Å². The summed E-state index contributed by atoms with van der Waals surface area (Å²) in [5.41, 5.74) is 3.06. The van der Waals surface area contributed by atoms with E-state index in [1.165, 1.54) is 20.9 Å². The van der Waals surface area contributed by atoms with E-state index in [0.717, 1.165) is 20.2 Å². The summed E-state index contributed by atoms with van der Waals surface area (Å²) in [6.07, 6.45) is 0. The number of nitrogens with zero attached hydrogens (tertiary/aromatic N) is 1. The van der Waals surface area contributed by atoms with Crippen LogP contribution < -0.4 is 5.32 Å². The average Bonchev–Trinajstić information content (AvgIpc) is 2.97. The third-order valence-electron chi connectivity index (χ3n) is 3.51. The average molecular weight is 468 g/mol. The highest BCUT2D eigenvalue weighted by molar-refractivity contribution is 14.1. The number of nitrogens with one attached hydrogen (secondary N) is 1. The molecule has 0 atom stereocenters. The molecule has 1 aromatic heterocycles. The van der Waals surface area contributed by atoms with E-state index in [1.54, 1.807) is 11.3 Å². The molecule has 0 unspecified atom stereocenters. The van der Waals surface area contributed by atoms with Crippen LogP contribution in [0.5, 0.6) is 0 Å². The first-order valence-corrected chi connectivity index (χ1v) is 10.5. The van der Waals surface area contributed by atoms with Crippen LogP contribution in [-0.2, 0) is 4.79 Å². The number of hydrogen-bond donors (Lipinski definition) is 1. The van der Waals surface area contributed by atoms with Crippen molar-refractivity contribution in [3.8, 4) is 0 Å². The second-order valence-corrected chi connectivity index (χ2v) is 9.17. The molecular formula is C18H17IN2OS2. The number of hydrogen-bond acceptors (Lipinski definition) is 4. The van der Waals surface area contributed by atoms with E-state index in [2.05, 4.69) is 58.9 Å². The van der Waals surface area contributed by atoms with Crippen molar-refractivity contribution >= 4 is 67.5 Å². The Morgan fingerprint density at radius 1 is 1.29 bits per heavy atom. The zero-order valence-corrected chi connectivity index (χ0v) is 17.2. The van der Waals surface area contributed by atoms with E-state index in [0.29, 0.717) is 11.7 Å². The molecule has 3 rings (SSSR count).